The molecule has 1 aliphatic rings. The molecule has 1 aliphatic heterocycles. The maximum absolute atomic E-state index is 10.3. The minimum atomic E-state index is -0.541. The molecule has 1 saturated heterocycles. The first-order valence-electron chi connectivity index (χ1n) is 9.21. The molecule has 148 valence electrons. The van der Waals surface area contributed by atoms with Crippen LogP contribution in [0.2, 0.25) is 0 Å². The standard InChI is InChI=1S/C19H32N2O4S/c1-23-18-6-3-5-16(13-20-7-4-12-26-2)19(18)25-15-17(22)14-21-8-10-24-11-9-21/h3,5-6,17,20,22H,4,7-15H2,1-2H3/t17-/m0/s1. The van der Waals surface area contributed by atoms with Crippen molar-refractivity contribution in [2.24, 2.45) is 0 Å². The molecular formula is C19H32N2O4S. The summed E-state index contributed by atoms with van der Waals surface area (Å²) in [6.45, 7) is 5.71. The third kappa shape index (κ3) is 7.32. The van der Waals surface area contributed by atoms with Gasteiger partial charge in [0.2, 0.25) is 0 Å². The SMILES string of the molecule is COc1cccc(CNCCCSC)c1OC[C@@H](O)CN1CCOCC1. The molecule has 6 nitrogen and oxygen atoms in total. The monoisotopic (exact) mass is 384 g/mol. The van der Waals surface area contributed by atoms with E-state index in [1.165, 1.54) is 0 Å². The summed E-state index contributed by atoms with van der Waals surface area (Å²) < 4.78 is 16.8. The molecule has 1 aromatic carbocycles. The number of β-amino-alcohol motifs (C(OH)–C–C–N with tert-alkyl or cyclic N) is 1. The fourth-order valence-electron chi connectivity index (χ4n) is 2.90. The molecule has 2 rings (SSSR count). The number of hydrogen-bond donors (Lipinski definition) is 2. The highest BCUT2D eigenvalue weighted by molar-refractivity contribution is 7.98. The molecule has 0 aromatic heterocycles. The zero-order valence-corrected chi connectivity index (χ0v) is 16.7. The molecule has 26 heavy (non-hydrogen) atoms. The number of morpholine rings is 1. The van der Waals surface area contributed by atoms with Crippen LogP contribution in [0.1, 0.15) is 12.0 Å². The Balaban J connectivity index is 1.86. The van der Waals surface area contributed by atoms with Crippen molar-refractivity contribution in [3.8, 4) is 11.5 Å². The highest BCUT2D eigenvalue weighted by atomic mass is 32.2. The normalized spacial score (nSPS) is 16.4. The molecule has 0 unspecified atom stereocenters. The molecule has 0 saturated carbocycles. The number of methoxy groups -OCH3 is 1. The van der Waals surface area contributed by atoms with E-state index in [0.717, 1.165) is 57.1 Å². The summed E-state index contributed by atoms with van der Waals surface area (Å²) in [5.41, 5.74) is 1.05. The number of thioether (sulfide) groups is 1. The smallest absolute Gasteiger partial charge is 0.165 e. The van der Waals surface area contributed by atoms with Gasteiger partial charge in [0.05, 0.1) is 20.3 Å². The second-order valence-electron chi connectivity index (χ2n) is 6.35. The second kappa shape index (κ2) is 12.4. The molecule has 2 N–H and O–H groups in total. The van der Waals surface area contributed by atoms with Gasteiger partial charge in [-0.2, -0.15) is 11.8 Å². The molecule has 1 heterocycles. The molecule has 0 amide bonds. The van der Waals surface area contributed by atoms with E-state index < -0.39 is 6.10 Å². The molecule has 0 bridgehead atoms. The number of aliphatic hydroxyl groups excluding tert-OH is 1. The predicted molar refractivity (Wildman–Crippen MR) is 106 cm³/mol. The van der Waals surface area contributed by atoms with Crippen molar-refractivity contribution in [3.05, 3.63) is 23.8 Å². The average Bonchev–Trinajstić information content (AvgIpc) is 2.67. The van der Waals surface area contributed by atoms with Crippen LogP contribution in [0.15, 0.2) is 18.2 Å². The largest absolute Gasteiger partial charge is 0.493 e. The lowest BCUT2D eigenvalue weighted by atomic mass is 10.1. The minimum absolute atomic E-state index is 0.247. The second-order valence-corrected chi connectivity index (χ2v) is 7.34. The average molecular weight is 385 g/mol. The van der Waals surface area contributed by atoms with Crippen molar-refractivity contribution >= 4 is 11.8 Å². The van der Waals surface area contributed by atoms with Crippen LogP contribution in [-0.2, 0) is 11.3 Å². The zero-order chi connectivity index (χ0) is 18.6. The van der Waals surface area contributed by atoms with Gasteiger partial charge in [-0.1, -0.05) is 12.1 Å². The van der Waals surface area contributed by atoms with E-state index >= 15 is 0 Å². The molecule has 1 atom stereocenters. The van der Waals surface area contributed by atoms with Crippen molar-refractivity contribution in [1.82, 2.24) is 10.2 Å². The number of rotatable bonds is 12. The maximum Gasteiger partial charge on any atom is 0.165 e. The number of benzene rings is 1. The van der Waals surface area contributed by atoms with Gasteiger partial charge in [-0.05, 0) is 31.0 Å². The number of para-hydroxylation sites is 1. The lowest BCUT2D eigenvalue weighted by molar-refractivity contribution is 0.00436. The van der Waals surface area contributed by atoms with Crippen LogP contribution in [-0.4, -0.2) is 81.2 Å². The Hall–Kier alpha value is -0.990. The van der Waals surface area contributed by atoms with E-state index in [1.807, 2.05) is 30.0 Å². The van der Waals surface area contributed by atoms with Crippen LogP contribution in [0.25, 0.3) is 0 Å². The lowest BCUT2D eigenvalue weighted by Gasteiger charge is -2.28. The van der Waals surface area contributed by atoms with E-state index in [9.17, 15) is 5.11 Å². The van der Waals surface area contributed by atoms with Crippen LogP contribution in [0.4, 0.5) is 0 Å². The van der Waals surface area contributed by atoms with Gasteiger partial charge >= 0.3 is 0 Å². The van der Waals surface area contributed by atoms with Crippen molar-refractivity contribution in [2.75, 3.05) is 65.1 Å². The first-order valence-corrected chi connectivity index (χ1v) is 10.6. The summed E-state index contributed by atoms with van der Waals surface area (Å²) in [4.78, 5) is 2.20. The Morgan fingerprint density at radius 1 is 1.35 bits per heavy atom. The Labute approximate surface area is 161 Å². The summed E-state index contributed by atoms with van der Waals surface area (Å²) >= 11 is 1.86. The van der Waals surface area contributed by atoms with Gasteiger partial charge in [0, 0.05) is 31.7 Å². The lowest BCUT2D eigenvalue weighted by Crippen LogP contribution is -2.42. The molecule has 1 aromatic rings. The van der Waals surface area contributed by atoms with Crippen LogP contribution >= 0.6 is 11.8 Å². The number of aliphatic hydroxyl groups is 1. The van der Waals surface area contributed by atoms with Crippen LogP contribution in [0, 0.1) is 0 Å². The van der Waals surface area contributed by atoms with E-state index in [-0.39, 0.29) is 6.61 Å². The Bertz CT molecular complexity index is 512. The van der Waals surface area contributed by atoms with Gasteiger partial charge in [-0.3, -0.25) is 4.90 Å². The number of nitrogens with one attached hydrogen (secondary N) is 1. The van der Waals surface area contributed by atoms with Crippen LogP contribution < -0.4 is 14.8 Å². The first kappa shape index (κ1) is 21.3. The third-order valence-corrected chi connectivity index (χ3v) is 4.99. The molecule has 0 spiro atoms. The van der Waals surface area contributed by atoms with Crippen LogP contribution in [0.5, 0.6) is 11.5 Å². The highest BCUT2D eigenvalue weighted by Gasteiger charge is 2.17. The number of nitrogens with zero attached hydrogens (tertiary/aromatic N) is 1. The van der Waals surface area contributed by atoms with E-state index in [4.69, 9.17) is 14.2 Å². The van der Waals surface area contributed by atoms with Gasteiger partial charge in [-0.25, -0.2) is 0 Å². The quantitative estimate of drug-likeness (QED) is 0.531. The molecule has 0 aliphatic carbocycles. The highest BCUT2D eigenvalue weighted by Crippen LogP contribution is 2.31. The molecule has 1 fully saturated rings. The minimum Gasteiger partial charge on any atom is -0.493 e. The van der Waals surface area contributed by atoms with E-state index in [2.05, 4.69) is 16.5 Å². The topological polar surface area (TPSA) is 63.2 Å². The summed E-state index contributed by atoms with van der Waals surface area (Å²) in [6, 6.07) is 5.89. The molecule has 7 heteroatoms. The summed E-state index contributed by atoms with van der Waals surface area (Å²) in [7, 11) is 1.64. The summed E-state index contributed by atoms with van der Waals surface area (Å²) in [6.07, 6.45) is 2.72. The van der Waals surface area contributed by atoms with Gasteiger partial charge < -0.3 is 24.6 Å². The molecule has 0 radical (unpaired) electrons. The Morgan fingerprint density at radius 2 is 2.15 bits per heavy atom. The first-order chi connectivity index (χ1) is 12.7. The van der Waals surface area contributed by atoms with Gasteiger partial charge in [-0.15, -0.1) is 0 Å². The van der Waals surface area contributed by atoms with Crippen LogP contribution in [0.3, 0.4) is 0 Å². The Morgan fingerprint density at radius 3 is 2.88 bits per heavy atom. The fourth-order valence-corrected chi connectivity index (χ4v) is 3.34. The predicted octanol–water partition coefficient (Wildman–Crippen LogP) is 1.61. The number of ether oxygens (including phenoxy) is 3. The van der Waals surface area contributed by atoms with Gasteiger partial charge in [0.1, 0.15) is 12.7 Å². The fraction of sp³-hybridized carbons (Fsp3) is 0.684. The van der Waals surface area contributed by atoms with Gasteiger partial charge in [0.15, 0.2) is 11.5 Å². The van der Waals surface area contributed by atoms with Crippen molar-refractivity contribution in [1.29, 1.82) is 0 Å². The van der Waals surface area contributed by atoms with Gasteiger partial charge in [0.25, 0.3) is 0 Å². The van der Waals surface area contributed by atoms with Crippen molar-refractivity contribution < 1.29 is 19.3 Å². The third-order valence-electron chi connectivity index (χ3n) is 4.29. The zero-order valence-electron chi connectivity index (χ0n) is 15.9. The van der Waals surface area contributed by atoms with Crippen molar-refractivity contribution in [3.63, 3.8) is 0 Å². The van der Waals surface area contributed by atoms with Crippen molar-refractivity contribution in [2.45, 2.75) is 19.1 Å². The molecular weight excluding hydrogens is 352 g/mol. The maximum atomic E-state index is 10.3. The van der Waals surface area contributed by atoms with E-state index in [1.54, 1.807) is 7.11 Å². The summed E-state index contributed by atoms with van der Waals surface area (Å²) in [5, 5.41) is 13.8. The summed E-state index contributed by atoms with van der Waals surface area (Å²) in [5.74, 6) is 2.57. The Kier molecular flexibility index (Phi) is 10.2. The van der Waals surface area contributed by atoms with E-state index in [0.29, 0.717) is 18.0 Å². The number of hydrogen-bond acceptors (Lipinski definition) is 7.